The number of carbonyl (C=O) groups excluding carboxylic acids is 1. The summed E-state index contributed by atoms with van der Waals surface area (Å²) in [5, 5.41) is 20.1. The van der Waals surface area contributed by atoms with E-state index in [0.29, 0.717) is 43.9 Å². The maximum Gasteiger partial charge on any atom is 0.409 e. The number of piperazine rings is 1. The first-order valence-corrected chi connectivity index (χ1v) is 13.5. The SMILES string of the molecule is CC(C)COC(=O)N1CCN(c2cc(-c3ccccc3O)ccn2)CC1.Oc1ccccc1-c1ccnc(Cl)c1. The Kier molecular flexibility index (Phi) is 9.81. The number of hydrogen-bond acceptors (Lipinski definition) is 7. The van der Waals surface area contributed by atoms with E-state index in [0.717, 1.165) is 28.1 Å². The average molecular weight is 561 g/mol. The molecular formula is C31H33ClN4O4. The van der Waals surface area contributed by atoms with E-state index < -0.39 is 0 Å². The van der Waals surface area contributed by atoms with Crippen molar-refractivity contribution in [2.45, 2.75) is 13.8 Å². The summed E-state index contributed by atoms with van der Waals surface area (Å²) in [5.41, 5.74) is 3.33. The second-order valence-electron chi connectivity index (χ2n) is 9.75. The molecule has 0 aliphatic carbocycles. The summed E-state index contributed by atoms with van der Waals surface area (Å²) >= 11 is 5.75. The van der Waals surface area contributed by atoms with Crippen molar-refractivity contribution in [2.75, 3.05) is 37.7 Å². The van der Waals surface area contributed by atoms with E-state index in [9.17, 15) is 15.0 Å². The Balaban J connectivity index is 0.000000222. The van der Waals surface area contributed by atoms with Crippen molar-refractivity contribution in [3.63, 3.8) is 0 Å². The molecular weight excluding hydrogens is 528 g/mol. The molecule has 0 atom stereocenters. The number of rotatable bonds is 5. The van der Waals surface area contributed by atoms with E-state index in [4.69, 9.17) is 16.3 Å². The molecule has 8 nitrogen and oxygen atoms in total. The van der Waals surface area contributed by atoms with E-state index in [-0.39, 0.29) is 17.6 Å². The van der Waals surface area contributed by atoms with Crippen molar-refractivity contribution in [2.24, 2.45) is 5.92 Å². The zero-order valence-electron chi connectivity index (χ0n) is 22.6. The van der Waals surface area contributed by atoms with Crippen LogP contribution in [0, 0.1) is 5.92 Å². The largest absolute Gasteiger partial charge is 0.507 e. The molecule has 0 spiro atoms. The van der Waals surface area contributed by atoms with Gasteiger partial charge in [-0.3, -0.25) is 0 Å². The van der Waals surface area contributed by atoms with Gasteiger partial charge in [0, 0.05) is 49.7 Å². The van der Waals surface area contributed by atoms with Crippen LogP contribution in [-0.2, 0) is 4.74 Å². The molecule has 40 heavy (non-hydrogen) atoms. The van der Waals surface area contributed by atoms with E-state index in [1.54, 1.807) is 53.7 Å². The van der Waals surface area contributed by atoms with Gasteiger partial charge in [0.25, 0.3) is 0 Å². The molecule has 0 bridgehead atoms. The molecule has 208 valence electrons. The molecule has 2 aromatic heterocycles. The summed E-state index contributed by atoms with van der Waals surface area (Å²) in [6, 6.07) is 21.8. The van der Waals surface area contributed by atoms with Crippen LogP contribution in [0.5, 0.6) is 11.5 Å². The number of anilines is 1. The van der Waals surface area contributed by atoms with Gasteiger partial charge in [0.05, 0.1) is 6.61 Å². The second-order valence-corrected chi connectivity index (χ2v) is 10.1. The zero-order valence-corrected chi connectivity index (χ0v) is 23.3. The summed E-state index contributed by atoms with van der Waals surface area (Å²) < 4.78 is 5.30. The Morgan fingerprint density at radius 2 is 1.40 bits per heavy atom. The van der Waals surface area contributed by atoms with Crippen LogP contribution in [-0.4, -0.2) is 64.0 Å². The molecule has 0 unspecified atom stereocenters. The fourth-order valence-corrected chi connectivity index (χ4v) is 4.39. The molecule has 1 aliphatic rings. The highest BCUT2D eigenvalue weighted by molar-refractivity contribution is 6.29. The fourth-order valence-electron chi connectivity index (χ4n) is 4.21. The van der Waals surface area contributed by atoms with Crippen LogP contribution in [0.2, 0.25) is 5.15 Å². The predicted molar refractivity (Wildman–Crippen MR) is 158 cm³/mol. The van der Waals surface area contributed by atoms with Crippen LogP contribution in [0.15, 0.2) is 85.2 Å². The number of nitrogens with zero attached hydrogens (tertiary/aromatic N) is 4. The normalized spacial score (nSPS) is 13.0. The van der Waals surface area contributed by atoms with Crippen LogP contribution in [0.3, 0.4) is 0 Å². The molecule has 2 aromatic carbocycles. The molecule has 2 N–H and O–H groups in total. The van der Waals surface area contributed by atoms with E-state index >= 15 is 0 Å². The van der Waals surface area contributed by atoms with Crippen LogP contribution < -0.4 is 4.90 Å². The summed E-state index contributed by atoms with van der Waals surface area (Å²) in [6.07, 6.45) is 3.12. The first-order valence-electron chi connectivity index (χ1n) is 13.1. The molecule has 0 radical (unpaired) electrons. The Bertz CT molecular complexity index is 1420. The number of para-hydroxylation sites is 2. The number of benzene rings is 2. The molecule has 9 heteroatoms. The van der Waals surface area contributed by atoms with E-state index in [1.807, 2.05) is 50.2 Å². The smallest absolute Gasteiger partial charge is 0.409 e. The Morgan fingerprint density at radius 1 is 0.850 bits per heavy atom. The molecule has 3 heterocycles. The fraction of sp³-hybridized carbons (Fsp3) is 0.258. The minimum atomic E-state index is -0.241. The van der Waals surface area contributed by atoms with Crippen LogP contribution >= 0.6 is 11.6 Å². The molecule has 5 rings (SSSR count). The molecule has 0 saturated carbocycles. The molecule has 1 amide bonds. The monoisotopic (exact) mass is 560 g/mol. The summed E-state index contributed by atoms with van der Waals surface area (Å²) in [5.74, 6) is 1.68. The lowest BCUT2D eigenvalue weighted by molar-refractivity contribution is 0.0901. The van der Waals surface area contributed by atoms with E-state index in [2.05, 4.69) is 14.9 Å². The average Bonchev–Trinajstić information content (AvgIpc) is 2.97. The van der Waals surface area contributed by atoms with Gasteiger partial charge in [-0.05, 0) is 53.4 Å². The van der Waals surface area contributed by atoms with Gasteiger partial charge in [-0.25, -0.2) is 14.8 Å². The second kappa shape index (κ2) is 13.7. The zero-order chi connectivity index (χ0) is 28.5. The van der Waals surface area contributed by atoms with E-state index in [1.165, 1.54) is 0 Å². The number of ether oxygens (including phenoxy) is 1. The number of aromatic nitrogens is 2. The first-order chi connectivity index (χ1) is 19.3. The van der Waals surface area contributed by atoms with Gasteiger partial charge < -0.3 is 24.7 Å². The third kappa shape index (κ3) is 7.64. The maximum absolute atomic E-state index is 12.1. The molecule has 1 aliphatic heterocycles. The van der Waals surface area contributed by atoms with Crippen molar-refractivity contribution < 1.29 is 19.7 Å². The quantitative estimate of drug-likeness (QED) is 0.270. The lowest BCUT2D eigenvalue weighted by atomic mass is 10.1. The summed E-state index contributed by atoms with van der Waals surface area (Å²) in [4.78, 5) is 24.3. The van der Waals surface area contributed by atoms with Gasteiger partial charge in [0.1, 0.15) is 22.5 Å². The van der Waals surface area contributed by atoms with Crippen molar-refractivity contribution in [3.05, 3.63) is 90.3 Å². The number of phenolic OH excluding ortho intramolecular Hbond substituents is 2. The van der Waals surface area contributed by atoms with Crippen LogP contribution in [0.25, 0.3) is 22.3 Å². The van der Waals surface area contributed by atoms with Crippen molar-refractivity contribution in [1.82, 2.24) is 14.9 Å². The number of hydrogen-bond donors (Lipinski definition) is 2. The van der Waals surface area contributed by atoms with Gasteiger partial charge in [-0.1, -0.05) is 61.8 Å². The van der Waals surface area contributed by atoms with Crippen molar-refractivity contribution in [3.8, 4) is 33.8 Å². The van der Waals surface area contributed by atoms with Crippen LogP contribution in [0.4, 0.5) is 10.6 Å². The Hall–Kier alpha value is -4.30. The van der Waals surface area contributed by atoms with Crippen LogP contribution in [0.1, 0.15) is 13.8 Å². The topological polar surface area (TPSA) is 99.0 Å². The molecule has 4 aromatic rings. The van der Waals surface area contributed by atoms with Gasteiger partial charge in [0.2, 0.25) is 0 Å². The highest BCUT2D eigenvalue weighted by Crippen LogP contribution is 2.31. The molecule has 1 saturated heterocycles. The maximum atomic E-state index is 12.1. The third-order valence-corrected chi connectivity index (χ3v) is 6.51. The lowest BCUT2D eigenvalue weighted by Gasteiger charge is -2.35. The number of amides is 1. The van der Waals surface area contributed by atoms with Gasteiger partial charge in [-0.15, -0.1) is 0 Å². The third-order valence-electron chi connectivity index (χ3n) is 6.30. The predicted octanol–water partition coefficient (Wildman–Crippen LogP) is 6.48. The minimum absolute atomic E-state index is 0.241. The number of pyridine rings is 2. The van der Waals surface area contributed by atoms with Crippen molar-refractivity contribution in [1.29, 1.82) is 0 Å². The highest BCUT2D eigenvalue weighted by Gasteiger charge is 2.23. The number of halogens is 1. The lowest BCUT2D eigenvalue weighted by Crippen LogP contribution is -2.49. The van der Waals surface area contributed by atoms with Gasteiger partial charge in [0.15, 0.2) is 0 Å². The molecule has 1 fully saturated rings. The summed E-state index contributed by atoms with van der Waals surface area (Å²) in [7, 11) is 0. The number of carbonyl (C=O) groups is 1. The first kappa shape index (κ1) is 28.7. The van der Waals surface area contributed by atoms with Gasteiger partial charge in [-0.2, -0.15) is 0 Å². The Labute approximate surface area is 239 Å². The van der Waals surface area contributed by atoms with Gasteiger partial charge >= 0.3 is 6.09 Å². The highest BCUT2D eigenvalue weighted by atomic mass is 35.5. The number of aromatic hydroxyl groups is 2. The summed E-state index contributed by atoms with van der Waals surface area (Å²) in [6.45, 7) is 7.12. The standard InChI is InChI=1S/C20H25N3O3.C11H8ClNO/c1-15(2)14-26-20(25)23-11-9-22(10-12-23)19-13-16(7-8-21-19)17-5-3-4-6-18(17)24;12-11-7-8(5-6-13-11)9-3-1-2-4-10(9)14/h3-8,13,15,24H,9-12,14H2,1-2H3;1-7,14H. The van der Waals surface area contributed by atoms with Crippen molar-refractivity contribution >= 4 is 23.5 Å². The Morgan fingerprint density at radius 3 is 1.95 bits per heavy atom. The number of phenols is 2. The minimum Gasteiger partial charge on any atom is -0.507 e.